The number of nitrogens with one attached hydrogen (secondary N) is 1. The third kappa shape index (κ3) is 4.41. The third-order valence-corrected chi connectivity index (χ3v) is 4.63. The van der Waals surface area contributed by atoms with E-state index >= 15 is 0 Å². The van der Waals surface area contributed by atoms with E-state index in [0.717, 1.165) is 37.2 Å². The van der Waals surface area contributed by atoms with Crippen molar-refractivity contribution in [3.8, 4) is 0 Å². The highest BCUT2D eigenvalue weighted by atomic mass is 16.6. The summed E-state index contributed by atoms with van der Waals surface area (Å²) in [5, 5.41) is 0. The molecule has 3 rings (SSSR count). The molecule has 25 heavy (non-hydrogen) atoms. The van der Waals surface area contributed by atoms with E-state index in [0.29, 0.717) is 0 Å². The third-order valence-electron chi connectivity index (χ3n) is 4.63. The van der Waals surface area contributed by atoms with E-state index in [9.17, 15) is 9.59 Å². The van der Waals surface area contributed by atoms with Gasteiger partial charge in [0.2, 0.25) is 5.56 Å². The second-order valence-electron chi connectivity index (χ2n) is 6.28. The van der Waals surface area contributed by atoms with Gasteiger partial charge >= 0.3 is 6.09 Å². The van der Waals surface area contributed by atoms with Gasteiger partial charge in [-0.2, -0.15) is 0 Å². The summed E-state index contributed by atoms with van der Waals surface area (Å²) in [6.45, 7) is 1.91. The van der Waals surface area contributed by atoms with Crippen molar-refractivity contribution < 1.29 is 9.53 Å². The monoisotopic (exact) mass is 341 g/mol. The van der Waals surface area contributed by atoms with Crippen LogP contribution in [-0.2, 0) is 11.3 Å². The van der Waals surface area contributed by atoms with Gasteiger partial charge in [-0.1, -0.05) is 30.3 Å². The minimum atomic E-state index is -0.293. The van der Waals surface area contributed by atoms with Gasteiger partial charge in [-0.15, -0.1) is 0 Å². The van der Waals surface area contributed by atoms with Crippen LogP contribution in [0.4, 0.5) is 10.5 Å². The lowest BCUT2D eigenvalue weighted by molar-refractivity contribution is 0.0862. The SMILES string of the molecule is CN(C(=O)OCc1ccccc1)C1CCN(c2cc[nH]c(=O)c2)CC1. The minimum Gasteiger partial charge on any atom is -0.445 e. The first kappa shape index (κ1) is 17.1. The van der Waals surface area contributed by atoms with E-state index in [2.05, 4.69) is 9.88 Å². The normalized spacial score (nSPS) is 15.0. The standard InChI is InChI=1S/C19H23N3O3/c1-21(19(24)25-14-15-5-3-2-4-6-15)16-8-11-22(12-9-16)17-7-10-20-18(23)13-17/h2-7,10,13,16H,8-9,11-12,14H2,1H3,(H,20,23). The number of H-pyrrole nitrogens is 1. The Hall–Kier alpha value is -2.76. The first-order valence-corrected chi connectivity index (χ1v) is 8.50. The highest BCUT2D eigenvalue weighted by molar-refractivity contribution is 5.67. The van der Waals surface area contributed by atoms with Crippen molar-refractivity contribution in [3.05, 3.63) is 64.6 Å². The van der Waals surface area contributed by atoms with Crippen molar-refractivity contribution in [2.45, 2.75) is 25.5 Å². The number of anilines is 1. The molecule has 0 bridgehead atoms. The summed E-state index contributed by atoms with van der Waals surface area (Å²) >= 11 is 0. The molecule has 0 spiro atoms. The second kappa shape index (κ2) is 7.88. The molecule has 1 aliphatic rings. The number of aromatic amines is 1. The Kier molecular flexibility index (Phi) is 5.38. The first-order valence-electron chi connectivity index (χ1n) is 8.50. The van der Waals surface area contributed by atoms with Crippen molar-refractivity contribution in [3.63, 3.8) is 0 Å². The van der Waals surface area contributed by atoms with Crippen LogP contribution in [0, 0.1) is 0 Å². The number of rotatable bonds is 4. The predicted octanol–water partition coefficient (Wildman–Crippen LogP) is 2.61. The molecule has 2 heterocycles. The lowest BCUT2D eigenvalue weighted by Crippen LogP contribution is -2.46. The summed E-state index contributed by atoms with van der Waals surface area (Å²) < 4.78 is 5.40. The largest absolute Gasteiger partial charge is 0.445 e. The molecule has 1 amide bonds. The zero-order chi connectivity index (χ0) is 17.6. The summed E-state index contributed by atoms with van der Waals surface area (Å²) in [7, 11) is 1.79. The van der Waals surface area contributed by atoms with Crippen LogP contribution < -0.4 is 10.5 Å². The van der Waals surface area contributed by atoms with E-state index < -0.39 is 0 Å². The number of nitrogens with zero attached hydrogens (tertiary/aromatic N) is 2. The fourth-order valence-electron chi connectivity index (χ4n) is 3.11. The van der Waals surface area contributed by atoms with E-state index in [1.165, 1.54) is 0 Å². The van der Waals surface area contributed by atoms with Gasteiger partial charge in [0, 0.05) is 44.1 Å². The van der Waals surface area contributed by atoms with Gasteiger partial charge in [-0.25, -0.2) is 4.79 Å². The van der Waals surface area contributed by atoms with Gasteiger partial charge in [-0.05, 0) is 24.5 Å². The van der Waals surface area contributed by atoms with Crippen molar-refractivity contribution in [1.29, 1.82) is 0 Å². The van der Waals surface area contributed by atoms with Crippen LogP contribution in [0.15, 0.2) is 53.5 Å². The van der Waals surface area contributed by atoms with Crippen LogP contribution in [0.5, 0.6) is 0 Å². The summed E-state index contributed by atoms with van der Waals surface area (Å²) in [5.74, 6) is 0. The van der Waals surface area contributed by atoms with Crippen LogP contribution in [-0.4, -0.2) is 42.2 Å². The van der Waals surface area contributed by atoms with Crippen LogP contribution in [0.2, 0.25) is 0 Å². The van der Waals surface area contributed by atoms with Crippen LogP contribution >= 0.6 is 0 Å². The minimum absolute atomic E-state index is 0.0961. The van der Waals surface area contributed by atoms with Crippen molar-refractivity contribution in [2.24, 2.45) is 0 Å². The Morgan fingerprint density at radius 2 is 1.96 bits per heavy atom. The average molecular weight is 341 g/mol. The number of amides is 1. The number of aromatic nitrogens is 1. The van der Waals surface area contributed by atoms with E-state index in [1.54, 1.807) is 24.2 Å². The van der Waals surface area contributed by atoms with Crippen LogP contribution in [0.3, 0.4) is 0 Å². The van der Waals surface area contributed by atoms with Crippen molar-refractivity contribution in [1.82, 2.24) is 9.88 Å². The number of carbonyl (C=O) groups excluding carboxylic acids is 1. The highest BCUT2D eigenvalue weighted by Gasteiger charge is 2.26. The van der Waals surface area contributed by atoms with E-state index in [4.69, 9.17) is 4.74 Å². The molecule has 2 aromatic rings. The molecule has 1 N–H and O–H groups in total. The fourth-order valence-corrected chi connectivity index (χ4v) is 3.11. The second-order valence-corrected chi connectivity index (χ2v) is 6.28. The number of hydrogen-bond acceptors (Lipinski definition) is 4. The maximum absolute atomic E-state index is 12.3. The van der Waals surface area contributed by atoms with Gasteiger partial charge in [-0.3, -0.25) is 4.79 Å². The Morgan fingerprint density at radius 1 is 1.24 bits per heavy atom. The molecule has 1 aliphatic heterocycles. The lowest BCUT2D eigenvalue weighted by Gasteiger charge is -2.37. The van der Waals surface area contributed by atoms with Gasteiger partial charge in [0.05, 0.1) is 0 Å². The smallest absolute Gasteiger partial charge is 0.410 e. The number of hydrogen-bond donors (Lipinski definition) is 1. The van der Waals surface area contributed by atoms with Gasteiger partial charge in [0.15, 0.2) is 0 Å². The number of pyridine rings is 1. The van der Waals surface area contributed by atoms with Gasteiger partial charge in [0.1, 0.15) is 6.61 Å². The van der Waals surface area contributed by atoms with E-state index in [1.807, 2.05) is 36.4 Å². The molecule has 0 unspecified atom stereocenters. The van der Waals surface area contributed by atoms with Crippen molar-refractivity contribution in [2.75, 3.05) is 25.0 Å². The Bertz CT molecular complexity index is 752. The molecular weight excluding hydrogens is 318 g/mol. The average Bonchev–Trinajstić information content (AvgIpc) is 2.66. The molecular formula is C19H23N3O3. The zero-order valence-corrected chi connectivity index (χ0v) is 14.4. The summed E-state index contributed by atoms with van der Waals surface area (Å²) in [5.41, 5.74) is 1.81. The Morgan fingerprint density at radius 3 is 2.64 bits per heavy atom. The maximum Gasteiger partial charge on any atom is 0.410 e. The molecule has 0 radical (unpaired) electrons. The number of carbonyl (C=O) groups is 1. The molecule has 0 atom stereocenters. The molecule has 6 heteroatoms. The number of benzene rings is 1. The number of piperidine rings is 1. The molecule has 0 aliphatic carbocycles. The summed E-state index contributed by atoms with van der Waals surface area (Å²) in [4.78, 5) is 30.2. The van der Waals surface area contributed by atoms with Crippen molar-refractivity contribution >= 4 is 11.8 Å². The van der Waals surface area contributed by atoms with Crippen LogP contribution in [0.1, 0.15) is 18.4 Å². The molecule has 6 nitrogen and oxygen atoms in total. The molecule has 132 valence electrons. The first-order chi connectivity index (χ1) is 12.1. The van der Waals surface area contributed by atoms with Gasteiger partial charge < -0.3 is 19.5 Å². The van der Waals surface area contributed by atoms with E-state index in [-0.39, 0.29) is 24.3 Å². The topological polar surface area (TPSA) is 65.6 Å². The maximum atomic E-state index is 12.3. The van der Waals surface area contributed by atoms with Gasteiger partial charge in [0.25, 0.3) is 0 Å². The Labute approximate surface area is 147 Å². The molecule has 1 saturated heterocycles. The predicted molar refractivity (Wildman–Crippen MR) is 96.7 cm³/mol. The Balaban J connectivity index is 1.50. The molecule has 1 aromatic carbocycles. The summed E-state index contributed by atoms with van der Waals surface area (Å²) in [6, 6.07) is 13.3. The fraction of sp³-hybridized carbons (Fsp3) is 0.368. The molecule has 0 saturated carbocycles. The lowest BCUT2D eigenvalue weighted by atomic mass is 10.0. The summed E-state index contributed by atoms with van der Waals surface area (Å²) in [6.07, 6.45) is 3.07. The quantitative estimate of drug-likeness (QED) is 0.928. The molecule has 1 fully saturated rings. The zero-order valence-electron chi connectivity index (χ0n) is 14.4. The highest BCUT2D eigenvalue weighted by Crippen LogP contribution is 2.21. The van der Waals surface area contributed by atoms with Crippen LogP contribution in [0.25, 0.3) is 0 Å². The molecule has 1 aromatic heterocycles. The number of ether oxygens (including phenoxy) is 1.